The molecule has 1 saturated heterocycles. The van der Waals surface area contributed by atoms with E-state index in [1.165, 1.54) is 0 Å². The standard InChI is InChI=1S/C7H17O15P3/c1-18-7-6(22-25(15,16)17)5(21-24(12,13)14)4(3(2-8)19-7)20-23(9,10)11/h3-8H,2H2,1H3,(H2,9,10,11)(H2,12,13,14)(H2,15,16,17)/t3-,4+,5+,6-,7-/m1/s1. The average Bonchev–Trinajstić information content (AvgIpc) is 2.38. The summed E-state index contributed by atoms with van der Waals surface area (Å²) >= 11 is 0. The summed E-state index contributed by atoms with van der Waals surface area (Å²) in [5.74, 6) is 0. The topological polar surface area (TPSA) is 239 Å². The van der Waals surface area contributed by atoms with Crippen molar-refractivity contribution in [2.45, 2.75) is 30.7 Å². The summed E-state index contributed by atoms with van der Waals surface area (Å²) in [6.45, 7) is -0.978. The second kappa shape index (κ2) is 8.48. The first-order valence-electron chi connectivity index (χ1n) is 6.18. The van der Waals surface area contributed by atoms with Crippen LogP contribution in [0.2, 0.25) is 0 Å². The molecular formula is C7H17O15P3. The van der Waals surface area contributed by atoms with E-state index in [2.05, 4.69) is 13.6 Å². The Hall–Kier alpha value is 0.210. The van der Waals surface area contributed by atoms with Gasteiger partial charge < -0.3 is 43.9 Å². The van der Waals surface area contributed by atoms with Crippen molar-refractivity contribution in [1.29, 1.82) is 0 Å². The van der Waals surface area contributed by atoms with Gasteiger partial charge in [0, 0.05) is 7.11 Å². The second-order valence-corrected chi connectivity index (χ2v) is 8.22. The smallest absolute Gasteiger partial charge is 0.394 e. The maximum atomic E-state index is 11.1. The van der Waals surface area contributed by atoms with Gasteiger partial charge in [-0.05, 0) is 0 Å². The molecular weight excluding hydrogens is 417 g/mol. The van der Waals surface area contributed by atoms with Gasteiger partial charge in [0.05, 0.1) is 6.61 Å². The van der Waals surface area contributed by atoms with Gasteiger partial charge in [-0.2, -0.15) is 0 Å². The fourth-order valence-corrected chi connectivity index (χ4v) is 3.72. The van der Waals surface area contributed by atoms with Crippen LogP contribution in [0.25, 0.3) is 0 Å². The number of aliphatic hydroxyl groups is 1. The minimum atomic E-state index is -5.37. The Morgan fingerprint density at radius 2 is 1.20 bits per heavy atom. The molecule has 5 atom stereocenters. The normalized spacial score (nSPS) is 31.9. The monoisotopic (exact) mass is 434 g/mol. The molecule has 0 saturated carbocycles. The zero-order valence-corrected chi connectivity index (χ0v) is 15.0. The quantitative estimate of drug-likeness (QED) is 0.200. The van der Waals surface area contributed by atoms with Crippen molar-refractivity contribution in [3.05, 3.63) is 0 Å². The summed E-state index contributed by atoms with van der Waals surface area (Å²) in [7, 11) is -15.0. The fourth-order valence-electron chi connectivity index (χ4n) is 2.05. The highest BCUT2D eigenvalue weighted by atomic mass is 31.2. The van der Waals surface area contributed by atoms with Gasteiger partial charge >= 0.3 is 23.5 Å². The third-order valence-electron chi connectivity index (χ3n) is 2.78. The van der Waals surface area contributed by atoms with Crippen molar-refractivity contribution < 1.29 is 71.2 Å². The molecule has 150 valence electrons. The van der Waals surface area contributed by atoms with Crippen molar-refractivity contribution in [2.24, 2.45) is 0 Å². The maximum Gasteiger partial charge on any atom is 0.470 e. The summed E-state index contributed by atoms with van der Waals surface area (Å²) in [6, 6.07) is 0. The largest absolute Gasteiger partial charge is 0.470 e. The minimum absolute atomic E-state index is 0.966. The first-order chi connectivity index (χ1) is 11.2. The first-order valence-corrected chi connectivity index (χ1v) is 10.8. The molecule has 0 aliphatic carbocycles. The van der Waals surface area contributed by atoms with Crippen LogP contribution >= 0.6 is 23.5 Å². The fraction of sp³-hybridized carbons (Fsp3) is 1.00. The van der Waals surface area contributed by atoms with Crippen LogP contribution < -0.4 is 0 Å². The third-order valence-corrected chi connectivity index (χ3v) is 4.33. The SMILES string of the molecule is CO[C@@H]1O[C@H](CO)[C@H](OP(=O)(O)O)[C@H](OP(=O)(O)O)[C@H]1OP(=O)(O)O. The zero-order chi connectivity index (χ0) is 19.6. The van der Waals surface area contributed by atoms with Gasteiger partial charge in [0.15, 0.2) is 6.29 Å². The Kier molecular flexibility index (Phi) is 7.89. The van der Waals surface area contributed by atoms with Crippen LogP contribution in [-0.4, -0.2) is 78.9 Å². The van der Waals surface area contributed by atoms with Gasteiger partial charge in [0.25, 0.3) is 0 Å². The molecule has 15 nitrogen and oxygen atoms in total. The number of hydrogen-bond donors (Lipinski definition) is 7. The Bertz CT molecular complexity index is 538. The van der Waals surface area contributed by atoms with Gasteiger partial charge in [-0.1, -0.05) is 0 Å². The predicted octanol–water partition coefficient (Wildman–Crippen LogP) is -2.22. The first kappa shape index (κ1) is 23.2. The number of rotatable bonds is 8. The molecule has 0 aromatic heterocycles. The van der Waals surface area contributed by atoms with Crippen LogP contribution in [0.3, 0.4) is 0 Å². The van der Waals surface area contributed by atoms with E-state index in [1.807, 2.05) is 0 Å². The summed E-state index contributed by atoms with van der Waals surface area (Å²) in [4.78, 5) is 53.6. The molecule has 0 radical (unpaired) electrons. The minimum Gasteiger partial charge on any atom is -0.394 e. The highest BCUT2D eigenvalue weighted by Crippen LogP contribution is 2.50. The van der Waals surface area contributed by atoms with Crippen molar-refractivity contribution in [3.8, 4) is 0 Å². The van der Waals surface area contributed by atoms with E-state index in [0.29, 0.717) is 0 Å². The summed E-state index contributed by atoms with van der Waals surface area (Å²) in [5.41, 5.74) is 0. The summed E-state index contributed by atoms with van der Waals surface area (Å²) in [6.07, 6.45) is -9.75. The Morgan fingerprint density at radius 3 is 1.56 bits per heavy atom. The van der Waals surface area contributed by atoms with Crippen LogP contribution in [-0.2, 0) is 36.7 Å². The molecule has 25 heavy (non-hydrogen) atoms. The molecule has 1 heterocycles. The van der Waals surface area contributed by atoms with Crippen molar-refractivity contribution in [3.63, 3.8) is 0 Å². The van der Waals surface area contributed by atoms with E-state index >= 15 is 0 Å². The maximum absolute atomic E-state index is 11.1. The number of methoxy groups -OCH3 is 1. The molecule has 0 bridgehead atoms. The lowest BCUT2D eigenvalue weighted by molar-refractivity contribution is -0.285. The molecule has 1 aliphatic heterocycles. The average molecular weight is 434 g/mol. The van der Waals surface area contributed by atoms with Crippen molar-refractivity contribution in [2.75, 3.05) is 13.7 Å². The van der Waals surface area contributed by atoms with E-state index < -0.39 is 60.8 Å². The van der Waals surface area contributed by atoms with Crippen molar-refractivity contribution in [1.82, 2.24) is 0 Å². The third kappa shape index (κ3) is 7.77. The van der Waals surface area contributed by atoms with E-state index in [9.17, 15) is 18.8 Å². The molecule has 7 N–H and O–H groups in total. The van der Waals surface area contributed by atoms with Crippen LogP contribution in [0.4, 0.5) is 0 Å². The molecule has 1 fully saturated rings. The van der Waals surface area contributed by atoms with Crippen LogP contribution in [0.15, 0.2) is 0 Å². The molecule has 18 heteroatoms. The lowest BCUT2D eigenvalue weighted by Gasteiger charge is -2.44. The molecule has 1 rings (SSSR count). The Labute approximate surface area is 140 Å². The molecule has 0 unspecified atom stereocenters. The van der Waals surface area contributed by atoms with E-state index in [0.717, 1.165) is 7.11 Å². The zero-order valence-electron chi connectivity index (χ0n) is 12.3. The summed E-state index contributed by atoms with van der Waals surface area (Å²) in [5, 5.41) is 9.25. The molecule has 0 aromatic carbocycles. The number of ether oxygens (including phenoxy) is 2. The highest BCUT2D eigenvalue weighted by Gasteiger charge is 2.54. The van der Waals surface area contributed by atoms with Crippen LogP contribution in [0, 0.1) is 0 Å². The Morgan fingerprint density at radius 1 is 0.800 bits per heavy atom. The molecule has 0 spiro atoms. The molecule has 1 aliphatic rings. The summed E-state index contributed by atoms with van der Waals surface area (Å²) < 4.78 is 56.0. The number of hydrogen-bond acceptors (Lipinski definition) is 9. The van der Waals surface area contributed by atoms with Crippen LogP contribution in [0.5, 0.6) is 0 Å². The van der Waals surface area contributed by atoms with Gasteiger partial charge in [-0.3, -0.25) is 13.6 Å². The number of phosphoric ester groups is 3. The van der Waals surface area contributed by atoms with E-state index in [4.69, 9.17) is 38.8 Å². The molecule has 0 aromatic rings. The second-order valence-electron chi connectivity index (χ2n) is 4.64. The van der Waals surface area contributed by atoms with Gasteiger partial charge in [-0.15, -0.1) is 0 Å². The highest BCUT2D eigenvalue weighted by molar-refractivity contribution is 7.47. The lowest BCUT2D eigenvalue weighted by Crippen LogP contribution is -2.60. The van der Waals surface area contributed by atoms with Gasteiger partial charge in [0.1, 0.15) is 24.4 Å². The van der Waals surface area contributed by atoms with Gasteiger partial charge in [0.2, 0.25) is 0 Å². The number of aliphatic hydroxyl groups excluding tert-OH is 1. The van der Waals surface area contributed by atoms with Crippen LogP contribution in [0.1, 0.15) is 0 Å². The van der Waals surface area contributed by atoms with Gasteiger partial charge in [-0.25, -0.2) is 13.7 Å². The van der Waals surface area contributed by atoms with E-state index in [1.54, 1.807) is 0 Å². The molecule has 0 amide bonds. The van der Waals surface area contributed by atoms with E-state index in [-0.39, 0.29) is 0 Å². The predicted molar refractivity (Wildman–Crippen MR) is 73.5 cm³/mol. The van der Waals surface area contributed by atoms with Crippen molar-refractivity contribution >= 4 is 23.5 Å². The Balaban J connectivity index is 3.34. The number of phosphoric acid groups is 3. The lowest BCUT2D eigenvalue weighted by atomic mass is 9.99.